The average Bonchev–Trinajstić information content (AvgIpc) is 2.61. The number of hydrogen-bond acceptors (Lipinski definition) is 4. The number of carbonyl (C=O) groups is 2. The van der Waals surface area contributed by atoms with Gasteiger partial charge in [0.1, 0.15) is 6.04 Å². The third-order valence-electron chi connectivity index (χ3n) is 2.70. The Hall–Kier alpha value is -1.35. The lowest BCUT2D eigenvalue weighted by Crippen LogP contribution is -2.46. The van der Waals surface area contributed by atoms with E-state index in [2.05, 4.69) is 10.1 Å². The van der Waals surface area contributed by atoms with Gasteiger partial charge < -0.3 is 11.1 Å². The van der Waals surface area contributed by atoms with Gasteiger partial charge in [-0.25, -0.2) is 0 Å². The van der Waals surface area contributed by atoms with Crippen molar-refractivity contribution in [3.8, 4) is 0 Å². The predicted octanol–water partition coefficient (Wildman–Crippen LogP) is -0.413. The molecule has 1 rings (SSSR count). The predicted molar refractivity (Wildman–Crippen MR) is 58.8 cm³/mol. The third-order valence-corrected chi connectivity index (χ3v) is 2.70. The van der Waals surface area contributed by atoms with Gasteiger partial charge in [-0.15, -0.1) is 13.2 Å². The van der Waals surface area contributed by atoms with E-state index in [0.717, 1.165) is 0 Å². The molecule has 2 amide bonds. The van der Waals surface area contributed by atoms with Crippen LogP contribution in [-0.2, 0) is 14.3 Å². The summed E-state index contributed by atoms with van der Waals surface area (Å²) in [5.41, 5.74) is 4.97. The number of amides is 2. The normalized spacial score (nSPS) is 22.2. The summed E-state index contributed by atoms with van der Waals surface area (Å²) in [6.45, 7) is 1.70. The highest BCUT2D eigenvalue weighted by Crippen LogP contribution is 2.23. The van der Waals surface area contributed by atoms with Crippen molar-refractivity contribution in [2.45, 2.75) is 31.9 Å². The molecule has 1 fully saturated rings. The monoisotopic (exact) mass is 283 g/mol. The fourth-order valence-electron chi connectivity index (χ4n) is 1.79. The van der Waals surface area contributed by atoms with E-state index < -0.39 is 30.3 Å². The number of ether oxygens (including phenoxy) is 1. The van der Waals surface area contributed by atoms with Gasteiger partial charge in [0.2, 0.25) is 11.8 Å². The molecule has 0 spiro atoms. The SMILES string of the molecule is CC(NC(=O)CN1CCC(OC(F)(F)F)C1)C(N)=O. The number of alkyl halides is 3. The summed E-state index contributed by atoms with van der Waals surface area (Å²) in [5, 5.41) is 2.35. The molecular weight excluding hydrogens is 267 g/mol. The van der Waals surface area contributed by atoms with E-state index >= 15 is 0 Å². The minimum Gasteiger partial charge on any atom is -0.368 e. The molecule has 1 saturated heterocycles. The molecule has 19 heavy (non-hydrogen) atoms. The maximum atomic E-state index is 12.0. The first kappa shape index (κ1) is 15.7. The molecule has 0 aromatic carbocycles. The van der Waals surface area contributed by atoms with Crippen LogP contribution in [0, 0.1) is 0 Å². The maximum Gasteiger partial charge on any atom is 0.522 e. The van der Waals surface area contributed by atoms with E-state index in [4.69, 9.17) is 5.73 Å². The molecule has 9 heteroatoms. The van der Waals surface area contributed by atoms with E-state index in [1.807, 2.05) is 0 Å². The van der Waals surface area contributed by atoms with E-state index in [1.165, 1.54) is 11.8 Å². The van der Waals surface area contributed by atoms with Crippen LogP contribution in [0.15, 0.2) is 0 Å². The Labute approximate surface area is 108 Å². The number of carbonyl (C=O) groups excluding carboxylic acids is 2. The van der Waals surface area contributed by atoms with Gasteiger partial charge in [0, 0.05) is 13.1 Å². The summed E-state index contributed by atoms with van der Waals surface area (Å²) >= 11 is 0. The van der Waals surface area contributed by atoms with Gasteiger partial charge in [-0.05, 0) is 13.3 Å². The molecule has 1 aliphatic rings. The molecule has 6 nitrogen and oxygen atoms in total. The summed E-state index contributed by atoms with van der Waals surface area (Å²) in [6.07, 6.45) is -5.41. The molecule has 1 aliphatic heterocycles. The highest BCUT2D eigenvalue weighted by atomic mass is 19.4. The minimum absolute atomic E-state index is 0.0257. The Kier molecular flexibility index (Phi) is 5.12. The van der Waals surface area contributed by atoms with Gasteiger partial charge in [-0.2, -0.15) is 0 Å². The Bertz CT molecular complexity index is 349. The first-order chi connectivity index (χ1) is 8.67. The van der Waals surface area contributed by atoms with Crippen LogP contribution in [-0.4, -0.2) is 54.9 Å². The van der Waals surface area contributed by atoms with Crippen LogP contribution in [0.4, 0.5) is 13.2 Å². The molecule has 3 N–H and O–H groups in total. The zero-order valence-corrected chi connectivity index (χ0v) is 10.4. The fourth-order valence-corrected chi connectivity index (χ4v) is 1.79. The topological polar surface area (TPSA) is 84.7 Å². The van der Waals surface area contributed by atoms with E-state index in [9.17, 15) is 22.8 Å². The summed E-state index contributed by atoms with van der Waals surface area (Å²) in [7, 11) is 0. The summed E-state index contributed by atoms with van der Waals surface area (Å²) in [5.74, 6) is -1.13. The van der Waals surface area contributed by atoms with Crippen molar-refractivity contribution >= 4 is 11.8 Å². The smallest absolute Gasteiger partial charge is 0.368 e. The van der Waals surface area contributed by atoms with Crippen molar-refractivity contribution in [1.29, 1.82) is 0 Å². The van der Waals surface area contributed by atoms with Gasteiger partial charge in [0.15, 0.2) is 0 Å². The van der Waals surface area contributed by atoms with E-state index in [1.54, 1.807) is 0 Å². The first-order valence-corrected chi connectivity index (χ1v) is 5.73. The lowest BCUT2D eigenvalue weighted by atomic mass is 10.3. The zero-order chi connectivity index (χ0) is 14.6. The van der Waals surface area contributed by atoms with E-state index in [0.29, 0.717) is 6.54 Å². The number of likely N-dealkylation sites (tertiary alicyclic amines) is 1. The van der Waals surface area contributed by atoms with Crippen molar-refractivity contribution in [3.05, 3.63) is 0 Å². The lowest BCUT2D eigenvalue weighted by molar-refractivity contribution is -0.340. The number of halogens is 3. The van der Waals surface area contributed by atoms with Crippen LogP contribution >= 0.6 is 0 Å². The maximum absolute atomic E-state index is 12.0. The molecule has 1 heterocycles. The summed E-state index contributed by atoms with van der Waals surface area (Å²) in [6, 6.07) is -0.808. The molecule has 0 bridgehead atoms. The first-order valence-electron chi connectivity index (χ1n) is 5.73. The molecule has 2 unspecified atom stereocenters. The summed E-state index contributed by atoms with van der Waals surface area (Å²) < 4.78 is 39.8. The van der Waals surface area contributed by atoms with E-state index in [-0.39, 0.29) is 19.5 Å². The number of rotatable bonds is 5. The fraction of sp³-hybridized carbons (Fsp3) is 0.800. The Morgan fingerprint density at radius 1 is 1.53 bits per heavy atom. The molecule has 0 radical (unpaired) electrons. The van der Waals surface area contributed by atoms with Gasteiger partial charge in [-0.1, -0.05) is 0 Å². The second kappa shape index (κ2) is 6.20. The highest BCUT2D eigenvalue weighted by molar-refractivity contribution is 5.86. The third kappa shape index (κ3) is 5.88. The van der Waals surface area contributed by atoms with Crippen molar-refractivity contribution in [1.82, 2.24) is 10.2 Å². The van der Waals surface area contributed by atoms with Gasteiger partial charge >= 0.3 is 6.36 Å². The van der Waals surface area contributed by atoms with Gasteiger partial charge in [-0.3, -0.25) is 19.2 Å². The van der Waals surface area contributed by atoms with Crippen LogP contribution in [0.1, 0.15) is 13.3 Å². The molecule has 0 aromatic heterocycles. The van der Waals surface area contributed by atoms with Crippen molar-refractivity contribution in [2.24, 2.45) is 5.73 Å². The van der Waals surface area contributed by atoms with Crippen molar-refractivity contribution in [3.63, 3.8) is 0 Å². The summed E-state index contributed by atoms with van der Waals surface area (Å²) in [4.78, 5) is 23.7. The Morgan fingerprint density at radius 2 is 2.16 bits per heavy atom. The highest BCUT2D eigenvalue weighted by Gasteiger charge is 2.36. The molecule has 110 valence electrons. The number of nitrogens with one attached hydrogen (secondary N) is 1. The standard InChI is InChI=1S/C10H16F3N3O3/c1-6(9(14)18)15-8(17)5-16-3-2-7(4-16)19-10(11,12)13/h6-7H,2-5H2,1H3,(H2,14,18)(H,15,17). The van der Waals surface area contributed by atoms with Crippen LogP contribution in [0.5, 0.6) is 0 Å². The van der Waals surface area contributed by atoms with Crippen molar-refractivity contribution < 1.29 is 27.5 Å². The number of nitrogens with two attached hydrogens (primary N) is 1. The van der Waals surface area contributed by atoms with Crippen LogP contribution in [0.25, 0.3) is 0 Å². The largest absolute Gasteiger partial charge is 0.522 e. The molecule has 0 aliphatic carbocycles. The van der Waals surface area contributed by atoms with Crippen LogP contribution in [0.3, 0.4) is 0 Å². The Morgan fingerprint density at radius 3 is 2.68 bits per heavy atom. The lowest BCUT2D eigenvalue weighted by Gasteiger charge is -2.17. The zero-order valence-electron chi connectivity index (χ0n) is 10.4. The molecule has 0 aromatic rings. The second-order valence-electron chi connectivity index (χ2n) is 4.40. The number of hydrogen-bond donors (Lipinski definition) is 2. The quantitative estimate of drug-likeness (QED) is 0.718. The molecular formula is C10H16F3N3O3. The second-order valence-corrected chi connectivity index (χ2v) is 4.40. The average molecular weight is 283 g/mol. The molecule has 2 atom stereocenters. The Balaban J connectivity index is 2.32. The van der Waals surface area contributed by atoms with Gasteiger partial charge in [0.05, 0.1) is 12.6 Å². The van der Waals surface area contributed by atoms with Crippen LogP contribution in [0.2, 0.25) is 0 Å². The van der Waals surface area contributed by atoms with Crippen LogP contribution < -0.4 is 11.1 Å². The minimum atomic E-state index is -4.66. The van der Waals surface area contributed by atoms with Crippen molar-refractivity contribution in [2.75, 3.05) is 19.6 Å². The number of primary amides is 1. The molecule has 0 saturated carbocycles. The van der Waals surface area contributed by atoms with Gasteiger partial charge in [0.25, 0.3) is 0 Å². The number of nitrogens with zero attached hydrogens (tertiary/aromatic N) is 1.